The summed E-state index contributed by atoms with van der Waals surface area (Å²) in [4.78, 5) is 3.84. The Labute approximate surface area is 61.5 Å². The monoisotopic (exact) mass is 136 g/mol. The molecule has 0 rings (SSSR count). The van der Waals surface area contributed by atoms with Crippen molar-refractivity contribution in [1.29, 1.82) is 0 Å². The average Bonchev–Trinajstić information content (AvgIpc) is 1.98. The Morgan fingerprint density at radius 3 is 2.80 bits per heavy atom. The second kappa shape index (κ2) is 5.82. The predicted octanol–water partition coefficient (Wildman–Crippen LogP) is 1.62. The summed E-state index contributed by atoms with van der Waals surface area (Å²) >= 11 is 0. The second-order valence-corrected chi connectivity index (χ2v) is 1.62. The first kappa shape index (κ1) is 8.69. The molecule has 0 aromatic carbocycles. The largest absolute Gasteiger partial charge is 0.399 e. The molecular formula is C8H12N2. The molecule has 0 aliphatic carbocycles. The lowest BCUT2D eigenvalue weighted by Gasteiger charge is -1.83. The van der Waals surface area contributed by atoms with Crippen LogP contribution < -0.4 is 5.73 Å². The minimum atomic E-state index is 0.641. The number of rotatable bonds is 3. The maximum absolute atomic E-state index is 5.40. The first-order valence-corrected chi connectivity index (χ1v) is 3.03. The number of allylic oxidation sites excluding steroid dienone is 3. The highest BCUT2D eigenvalue weighted by atomic mass is 14.6. The Balaban J connectivity index is 3.81. The summed E-state index contributed by atoms with van der Waals surface area (Å²) in [5.74, 6) is 0. The summed E-state index contributed by atoms with van der Waals surface area (Å²) < 4.78 is 0. The molecule has 0 aromatic heterocycles. The standard InChI is InChI=1S/C8H12N2/c1-3-8(9)6-5-7-10-4-2/h3-7H,1,9H2,2H3/b7-5-,8-6+,10-4+. The maximum Gasteiger partial charge on any atom is 0.0308 e. The molecule has 0 amide bonds. The van der Waals surface area contributed by atoms with E-state index in [2.05, 4.69) is 11.6 Å². The van der Waals surface area contributed by atoms with Crippen LogP contribution >= 0.6 is 0 Å². The van der Waals surface area contributed by atoms with Crippen molar-refractivity contribution in [3.8, 4) is 0 Å². The van der Waals surface area contributed by atoms with E-state index >= 15 is 0 Å². The van der Waals surface area contributed by atoms with E-state index in [-0.39, 0.29) is 0 Å². The Morgan fingerprint density at radius 2 is 2.30 bits per heavy atom. The molecule has 0 aromatic rings. The van der Waals surface area contributed by atoms with Crippen LogP contribution in [0.1, 0.15) is 6.92 Å². The van der Waals surface area contributed by atoms with Crippen LogP contribution in [-0.2, 0) is 0 Å². The molecule has 2 heteroatoms. The van der Waals surface area contributed by atoms with Crippen LogP contribution in [0.2, 0.25) is 0 Å². The fraction of sp³-hybridized carbons (Fsp3) is 0.125. The quantitative estimate of drug-likeness (QED) is 0.464. The van der Waals surface area contributed by atoms with Gasteiger partial charge in [-0.15, -0.1) is 0 Å². The van der Waals surface area contributed by atoms with Gasteiger partial charge in [-0.05, 0) is 25.2 Å². The van der Waals surface area contributed by atoms with Crippen molar-refractivity contribution in [3.05, 3.63) is 36.7 Å². The predicted molar refractivity (Wildman–Crippen MR) is 45.8 cm³/mol. The summed E-state index contributed by atoms with van der Waals surface area (Å²) in [6.07, 6.45) is 8.45. The van der Waals surface area contributed by atoms with Crippen LogP contribution in [0.5, 0.6) is 0 Å². The van der Waals surface area contributed by atoms with Gasteiger partial charge in [-0.1, -0.05) is 6.58 Å². The third kappa shape index (κ3) is 4.84. The second-order valence-electron chi connectivity index (χ2n) is 1.62. The Hall–Kier alpha value is -1.31. The average molecular weight is 136 g/mol. The third-order valence-corrected chi connectivity index (χ3v) is 0.846. The molecule has 0 spiro atoms. The van der Waals surface area contributed by atoms with Gasteiger partial charge >= 0.3 is 0 Å². The summed E-state index contributed by atoms with van der Waals surface area (Å²) in [5, 5.41) is 0. The topological polar surface area (TPSA) is 38.4 Å². The van der Waals surface area contributed by atoms with Gasteiger partial charge in [0.2, 0.25) is 0 Å². The molecule has 2 N–H and O–H groups in total. The summed E-state index contributed by atoms with van der Waals surface area (Å²) in [6.45, 7) is 5.35. The zero-order valence-corrected chi connectivity index (χ0v) is 6.12. The van der Waals surface area contributed by atoms with Crippen molar-refractivity contribution in [2.75, 3.05) is 0 Å². The van der Waals surface area contributed by atoms with E-state index in [4.69, 9.17) is 5.73 Å². The first-order valence-electron chi connectivity index (χ1n) is 3.03. The molecule has 0 bridgehead atoms. The number of nitrogens with zero attached hydrogens (tertiary/aromatic N) is 1. The molecule has 10 heavy (non-hydrogen) atoms. The van der Waals surface area contributed by atoms with Gasteiger partial charge in [-0.25, -0.2) is 0 Å². The van der Waals surface area contributed by atoms with Crippen molar-refractivity contribution >= 4 is 6.21 Å². The molecule has 54 valence electrons. The molecule has 0 atom stereocenters. The smallest absolute Gasteiger partial charge is 0.0308 e. The zero-order valence-electron chi connectivity index (χ0n) is 6.12. The number of hydrogen-bond donors (Lipinski definition) is 1. The van der Waals surface area contributed by atoms with Crippen LogP contribution in [0.3, 0.4) is 0 Å². The van der Waals surface area contributed by atoms with Crippen LogP contribution in [-0.4, -0.2) is 6.21 Å². The van der Waals surface area contributed by atoms with E-state index < -0.39 is 0 Å². The highest BCUT2D eigenvalue weighted by Crippen LogP contribution is 1.84. The van der Waals surface area contributed by atoms with E-state index in [1.54, 1.807) is 30.6 Å². The maximum atomic E-state index is 5.40. The van der Waals surface area contributed by atoms with E-state index in [1.165, 1.54) is 0 Å². The molecule has 0 radical (unpaired) electrons. The summed E-state index contributed by atoms with van der Waals surface area (Å²) in [5.41, 5.74) is 6.04. The molecule has 0 aliphatic rings. The van der Waals surface area contributed by atoms with Gasteiger partial charge in [0, 0.05) is 18.1 Å². The lowest BCUT2D eigenvalue weighted by Crippen LogP contribution is -1.89. The van der Waals surface area contributed by atoms with Gasteiger partial charge in [0.25, 0.3) is 0 Å². The molecule has 0 aliphatic heterocycles. The number of hydrogen-bond acceptors (Lipinski definition) is 2. The molecule has 0 saturated heterocycles. The highest BCUT2D eigenvalue weighted by Gasteiger charge is 1.71. The normalized spacial score (nSPS) is 13.1. The summed E-state index contributed by atoms with van der Waals surface area (Å²) in [7, 11) is 0. The SMILES string of the molecule is C=C\C(N)=C/C=C\N=C\C. The molecule has 0 saturated carbocycles. The van der Waals surface area contributed by atoms with Gasteiger partial charge < -0.3 is 5.73 Å². The minimum absolute atomic E-state index is 0.641. The Kier molecular flexibility index (Phi) is 5.06. The van der Waals surface area contributed by atoms with E-state index in [1.807, 2.05) is 6.92 Å². The highest BCUT2D eigenvalue weighted by molar-refractivity contribution is 5.54. The van der Waals surface area contributed by atoms with Crippen LogP contribution in [0, 0.1) is 0 Å². The van der Waals surface area contributed by atoms with Crippen molar-refractivity contribution < 1.29 is 0 Å². The molecule has 2 nitrogen and oxygen atoms in total. The summed E-state index contributed by atoms with van der Waals surface area (Å²) in [6, 6.07) is 0. The van der Waals surface area contributed by atoms with E-state index in [0.717, 1.165) is 0 Å². The van der Waals surface area contributed by atoms with Crippen molar-refractivity contribution in [1.82, 2.24) is 0 Å². The first-order chi connectivity index (χ1) is 4.81. The van der Waals surface area contributed by atoms with Crippen LogP contribution in [0.25, 0.3) is 0 Å². The lowest BCUT2D eigenvalue weighted by molar-refractivity contribution is 1.43. The zero-order chi connectivity index (χ0) is 7.82. The Morgan fingerprint density at radius 1 is 1.60 bits per heavy atom. The molecule has 0 fully saturated rings. The minimum Gasteiger partial charge on any atom is -0.399 e. The van der Waals surface area contributed by atoms with Gasteiger partial charge in [-0.3, -0.25) is 4.99 Å². The van der Waals surface area contributed by atoms with Crippen LogP contribution in [0.15, 0.2) is 41.7 Å². The van der Waals surface area contributed by atoms with Crippen molar-refractivity contribution in [2.45, 2.75) is 6.92 Å². The van der Waals surface area contributed by atoms with Gasteiger partial charge in [0.1, 0.15) is 0 Å². The van der Waals surface area contributed by atoms with Gasteiger partial charge in [0.15, 0.2) is 0 Å². The molecular weight excluding hydrogens is 124 g/mol. The van der Waals surface area contributed by atoms with E-state index in [9.17, 15) is 0 Å². The molecule has 0 unspecified atom stereocenters. The fourth-order valence-electron chi connectivity index (χ4n) is 0.358. The van der Waals surface area contributed by atoms with Crippen molar-refractivity contribution in [3.63, 3.8) is 0 Å². The van der Waals surface area contributed by atoms with Crippen LogP contribution in [0.4, 0.5) is 0 Å². The number of aliphatic imine (C=N–C) groups is 1. The molecule has 0 heterocycles. The fourth-order valence-corrected chi connectivity index (χ4v) is 0.358. The third-order valence-electron chi connectivity index (χ3n) is 0.846. The van der Waals surface area contributed by atoms with E-state index in [0.29, 0.717) is 5.70 Å². The Bertz CT molecular complexity index is 176. The lowest BCUT2D eigenvalue weighted by atomic mass is 10.4. The van der Waals surface area contributed by atoms with Gasteiger partial charge in [0.05, 0.1) is 0 Å². The number of nitrogens with two attached hydrogens (primary N) is 1. The van der Waals surface area contributed by atoms with Crippen molar-refractivity contribution in [2.24, 2.45) is 10.7 Å². The van der Waals surface area contributed by atoms with Gasteiger partial charge in [-0.2, -0.15) is 0 Å².